The van der Waals surface area contributed by atoms with E-state index in [1.807, 2.05) is 0 Å². The maximum Gasteiger partial charge on any atom is 0.106 e. The Kier molecular flexibility index (Phi) is 3.87. The SMILES string of the molecule is CCC(C)CC(C)n1c(C)nc2c1CCNC2. The number of hydrogen-bond acceptors (Lipinski definition) is 2. The standard InChI is InChI=1S/C14H25N3/c1-5-10(2)8-11(3)17-12(4)16-13-9-15-7-6-14(13)17/h10-11,15H,5-9H2,1-4H3. The summed E-state index contributed by atoms with van der Waals surface area (Å²) in [6, 6.07) is 0.583. The van der Waals surface area contributed by atoms with E-state index < -0.39 is 0 Å². The highest BCUT2D eigenvalue weighted by atomic mass is 15.1. The van der Waals surface area contributed by atoms with Gasteiger partial charge in [0.05, 0.1) is 5.69 Å². The van der Waals surface area contributed by atoms with Crippen LogP contribution in [0.1, 0.15) is 56.9 Å². The summed E-state index contributed by atoms with van der Waals surface area (Å²) in [4.78, 5) is 4.71. The lowest BCUT2D eigenvalue weighted by atomic mass is 9.99. The Morgan fingerprint density at radius 2 is 2.18 bits per heavy atom. The van der Waals surface area contributed by atoms with Crippen LogP contribution in [0.25, 0.3) is 0 Å². The largest absolute Gasteiger partial charge is 0.329 e. The molecule has 2 heterocycles. The Balaban J connectivity index is 2.22. The van der Waals surface area contributed by atoms with Crippen molar-refractivity contribution in [3.8, 4) is 0 Å². The molecule has 0 radical (unpaired) electrons. The number of aryl methyl sites for hydroxylation is 1. The van der Waals surface area contributed by atoms with Crippen molar-refractivity contribution < 1.29 is 0 Å². The summed E-state index contributed by atoms with van der Waals surface area (Å²) in [5, 5.41) is 3.40. The monoisotopic (exact) mass is 235 g/mol. The van der Waals surface area contributed by atoms with E-state index in [2.05, 4.69) is 37.6 Å². The molecule has 0 saturated carbocycles. The van der Waals surface area contributed by atoms with Gasteiger partial charge in [0.2, 0.25) is 0 Å². The quantitative estimate of drug-likeness (QED) is 0.869. The van der Waals surface area contributed by atoms with Crippen molar-refractivity contribution in [2.24, 2.45) is 5.92 Å². The first-order valence-corrected chi connectivity index (χ1v) is 6.90. The van der Waals surface area contributed by atoms with Crippen LogP contribution in [0.2, 0.25) is 0 Å². The zero-order valence-electron chi connectivity index (χ0n) is 11.6. The number of nitrogens with zero attached hydrogens (tertiary/aromatic N) is 2. The van der Waals surface area contributed by atoms with E-state index in [9.17, 15) is 0 Å². The highest BCUT2D eigenvalue weighted by Gasteiger charge is 2.21. The summed E-state index contributed by atoms with van der Waals surface area (Å²) >= 11 is 0. The van der Waals surface area contributed by atoms with Gasteiger partial charge in [-0.3, -0.25) is 0 Å². The van der Waals surface area contributed by atoms with Crippen LogP contribution >= 0.6 is 0 Å². The molecule has 0 bridgehead atoms. The summed E-state index contributed by atoms with van der Waals surface area (Å²) in [6.45, 7) is 11.1. The molecule has 2 atom stereocenters. The zero-order valence-corrected chi connectivity index (χ0v) is 11.6. The molecule has 1 aromatic heterocycles. The van der Waals surface area contributed by atoms with Gasteiger partial charge < -0.3 is 9.88 Å². The molecule has 1 aromatic rings. The fourth-order valence-electron chi connectivity index (χ4n) is 2.91. The van der Waals surface area contributed by atoms with Crippen molar-refractivity contribution in [1.82, 2.24) is 14.9 Å². The summed E-state index contributed by atoms with van der Waals surface area (Å²) in [6.07, 6.45) is 3.65. The van der Waals surface area contributed by atoms with E-state index in [0.29, 0.717) is 6.04 Å². The van der Waals surface area contributed by atoms with Gasteiger partial charge in [-0.1, -0.05) is 20.3 Å². The van der Waals surface area contributed by atoms with Gasteiger partial charge in [0.1, 0.15) is 5.82 Å². The topological polar surface area (TPSA) is 29.9 Å². The molecule has 0 amide bonds. The Morgan fingerprint density at radius 1 is 1.41 bits per heavy atom. The third-order valence-electron chi connectivity index (χ3n) is 3.98. The maximum atomic E-state index is 4.71. The first kappa shape index (κ1) is 12.6. The summed E-state index contributed by atoms with van der Waals surface area (Å²) in [7, 11) is 0. The van der Waals surface area contributed by atoms with Crippen LogP contribution in [0.15, 0.2) is 0 Å². The zero-order chi connectivity index (χ0) is 12.4. The molecular weight excluding hydrogens is 210 g/mol. The Labute approximate surface area is 105 Å². The Bertz CT molecular complexity index is 381. The molecule has 0 saturated heterocycles. The third kappa shape index (κ3) is 2.54. The number of aromatic nitrogens is 2. The molecule has 0 aliphatic carbocycles. The van der Waals surface area contributed by atoms with Gasteiger partial charge in [-0.2, -0.15) is 0 Å². The number of nitrogens with one attached hydrogen (secondary N) is 1. The van der Waals surface area contributed by atoms with Gasteiger partial charge in [0, 0.05) is 31.2 Å². The van der Waals surface area contributed by atoms with Crippen LogP contribution in [-0.2, 0) is 13.0 Å². The van der Waals surface area contributed by atoms with Crippen molar-refractivity contribution in [3.05, 3.63) is 17.2 Å². The minimum absolute atomic E-state index is 0.583. The molecule has 3 heteroatoms. The molecule has 17 heavy (non-hydrogen) atoms. The van der Waals surface area contributed by atoms with Crippen LogP contribution in [0.4, 0.5) is 0 Å². The van der Waals surface area contributed by atoms with Gasteiger partial charge in [-0.15, -0.1) is 0 Å². The second kappa shape index (κ2) is 5.21. The summed E-state index contributed by atoms with van der Waals surface area (Å²) in [5.74, 6) is 1.98. The summed E-state index contributed by atoms with van der Waals surface area (Å²) < 4.78 is 2.47. The highest BCUT2D eigenvalue weighted by molar-refractivity contribution is 5.20. The molecule has 3 nitrogen and oxygen atoms in total. The summed E-state index contributed by atoms with van der Waals surface area (Å²) in [5.41, 5.74) is 2.74. The fraction of sp³-hybridized carbons (Fsp3) is 0.786. The van der Waals surface area contributed by atoms with Crippen molar-refractivity contribution in [1.29, 1.82) is 0 Å². The molecule has 1 N–H and O–H groups in total. The lowest BCUT2D eigenvalue weighted by Gasteiger charge is -2.23. The van der Waals surface area contributed by atoms with Crippen LogP contribution in [0.3, 0.4) is 0 Å². The molecule has 1 aliphatic rings. The van der Waals surface area contributed by atoms with Gasteiger partial charge in [0.15, 0.2) is 0 Å². The average Bonchev–Trinajstić information content (AvgIpc) is 2.64. The second-order valence-electron chi connectivity index (χ2n) is 5.45. The van der Waals surface area contributed by atoms with Gasteiger partial charge in [-0.05, 0) is 26.2 Å². The minimum atomic E-state index is 0.583. The number of hydrogen-bond donors (Lipinski definition) is 1. The van der Waals surface area contributed by atoms with E-state index in [-0.39, 0.29) is 0 Å². The van der Waals surface area contributed by atoms with Gasteiger partial charge in [0.25, 0.3) is 0 Å². The molecule has 0 fully saturated rings. The number of rotatable bonds is 4. The number of imidazole rings is 1. The van der Waals surface area contributed by atoms with Crippen molar-refractivity contribution in [3.63, 3.8) is 0 Å². The second-order valence-corrected chi connectivity index (χ2v) is 5.45. The lowest BCUT2D eigenvalue weighted by molar-refractivity contribution is 0.384. The van der Waals surface area contributed by atoms with E-state index in [0.717, 1.165) is 25.4 Å². The van der Waals surface area contributed by atoms with E-state index in [1.165, 1.54) is 30.1 Å². The van der Waals surface area contributed by atoms with E-state index in [4.69, 9.17) is 4.98 Å². The van der Waals surface area contributed by atoms with Gasteiger partial charge in [-0.25, -0.2) is 4.98 Å². The van der Waals surface area contributed by atoms with Crippen molar-refractivity contribution >= 4 is 0 Å². The van der Waals surface area contributed by atoms with Crippen molar-refractivity contribution in [2.45, 2.75) is 59.5 Å². The molecule has 1 aliphatic heterocycles. The Hall–Kier alpha value is -0.830. The average molecular weight is 235 g/mol. The molecule has 2 rings (SSSR count). The maximum absolute atomic E-state index is 4.71. The smallest absolute Gasteiger partial charge is 0.106 e. The predicted molar refractivity (Wildman–Crippen MR) is 71.2 cm³/mol. The lowest BCUT2D eigenvalue weighted by Crippen LogP contribution is -2.26. The van der Waals surface area contributed by atoms with Crippen molar-refractivity contribution in [2.75, 3.05) is 6.54 Å². The molecule has 2 unspecified atom stereocenters. The van der Waals surface area contributed by atoms with E-state index >= 15 is 0 Å². The Morgan fingerprint density at radius 3 is 2.88 bits per heavy atom. The molecule has 0 aromatic carbocycles. The van der Waals surface area contributed by atoms with Crippen LogP contribution in [0, 0.1) is 12.8 Å². The predicted octanol–water partition coefficient (Wildman–Crippen LogP) is 2.83. The van der Waals surface area contributed by atoms with E-state index in [1.54, 1.807) is 0 Å². The first-order valence-electron chi connectivity index (χ1n) is 6.90. The highest BCUT2D eigenvalue weighted by Crippen LogP contribution is 2.26. The molecular formula is C14H25N3. The van der Waals surface area contributed by atoms with Crippen LogP contribution in [-0.4, -0.2) is 16.1 Å². The molecule has 0 spiro atoms. The minimum Gasteiger partial charge on any atom is -0.329 e. The first-order chi connectivity index (χ1) is 8.13. The van der Waals surface area contributed by atoms with Gasteiger partial charge >= 0.3 is 0 Å². The molecule has 96 valence electrons. The van der Waals surface area contributed by atoms with Crippen LogP contribution < -0.4 is 5.32 Å². The van der Waals surface area contributed by atoms with Crippen LogP contribution in [0.5, 0.6) is 0 Å². The normalized spacial score (nSPS) is 18.8. The third-order valence-corrected chi connectivity index (χ3v) is 3.98. The number of fused-ring (bicyclic) bond motifs is 1. The fourth-order valence-corrected chi connectivity index (χ4v) is 2.91.